The zero-order chi connectivity index (χ0) is 11.5. The highest BCUT2D eigenvalue weighted by Gasteiger charge is 2.32. The molecule has 0 aliphatic heterocycles. The van der Waals surface area contributed by atoms with Gasteiger partial charge in [-0.2, -0.15) is 0 Å². The molecule has 2 aliphatic rings. The third-order valence-corrected chi connectivity index (χ3v) is 4.69. The number of ether oxygens (including phenoxy) is 1. The van der Waals surface area contributed by atoms with Crippen LogP contribution in [0.2, 0.25) is 0 Å². The zero-order valence-electron chi connectivity index (χ0n) is 11.0. The highest BCUT2D eigenvalue weighted by Crippen LogP contribution is 2.31. The first-order valence-corrected chi connectivity index (χ1v) is 6.99. The summed E-state index contributed by atoms with van der Waals surface area (Å²) in [5, 5.41) is 3.90. The van der Waals surface area contributed by atoms with Crippen LogP contribution in [0.25, 0.3) is 0 Å². The van der Waals surface area contributed by atoms with Crippen molar-refractivity contribution in [2.75, 3.05) is 7.11 Å². The Morgan fingerprint density at radius 3 is 2.25 bits per heavy atom. The van der Waals surface area contributed by atoms with Crippen LogP contribution in [-0.4, -0.2) is 25.3 Å². The molecular formula is C14H27NO. The van der Waals surface area contributed by atoms with E-state index in [2.05, 4.69) is 19.2 Å². The minimum Gasteiger partial charge on any atom is -0.381 e. The molecule has 2 aliphatic carbocycles. The van der Waals surface area contributed by atoms with Gasteiger partial charge in [-0.05, 0) is 43.9 Å². The minimum absolute atomic E-state index is 0.506. The van der Waals surface area contributed by atoms with Gasteiger partial charge in [0.1, 0.15) is 0 Å². The minimum atomic E-state index is 0.506. The molecule has 0 aromatic heterocycles. The summed E-state index contributed by atoms with van der Waals surface area (Å²) in [6.07, 6.45) is 8.49. The molecule has 2 rings (SSSR count). The van der Waals surface area contributed by atoms with Crippen molar-refractivity contribution in [2.24, 2.45) is 11.8 Å². The van der Waals surface area contributed by atoms with E-state index in [1.807, 2.05) is 7.11 Å². The van der Waals surface area contributed by atoms with Crippen LogP contribution in [0.1, 0.15) is 52.4 Å². The predicted octanol–water partition coefficient (Wildman–Crippen LogP) is 2.97. The third-order valence-electron chi connectivity index (χ3n) is 4.69. The van der Waals surface area contributed by atoms with E-state index < -0.39 is 0 Å². The Balaban J connectivity index is 1.83. The molecule has 94 valence electrons. The summed E-state index contributed by atoms with van der Waals surface area (Å²) in [7, 11) is 1.85. The van der Waals surface area contributed by atoms with E-state index in [1.54, 1.807) is 0 Å². The van der Waals surface area contributed by atoms with Crippen molar-refractivity contribution in [3.8, 4) is 0 Å². The lowest BCUT2D eigenvalue weighted by Crippen LogP contribution is -2.47. The summed E-state index contributed by atoms with van der Waals surface area (Å²) in [5.41, 5.74) is 0. The number of hydrogen-bond acceptors (Lipinski definition) is 2. The second kappa shape index (κ2) is 5.50. The molecule has 4 atom stereocenters. The van der Waals surface area contributed by atoms with Gasteiger partial charge in [-0.3, -0.25) is 0 Å². The van der Waals surface area contributed by atoms with E-state index in [0.717, 1.165) is 17.9 Å². The molecule has 16 heavy (non-hydrogen) atoms. The molecule has 0 saturated heterocycles. The van der Waals surface area contributed by atoms with Crippen LogP contribution < -0.4 is 5.32 Å². The molecule has 0 bridgehead atoms. The second-order valence-electron chi connectivity index (χ2n) is 5.95. The Morgan fingerprint density at radius 2 is 1.69 bits per heavy atom. The van der Waals surface area contributed by atoms with Crippen molar-refractivity contribution < 1.29 is 4.74 Å². The largest absolute Gasteiger partial charge is 0.381 e. The molecule has 2 nitrogen and oxygen atoms in total. The number of nitrogens with one attached hydrogen (secondary N) is 1. The normalized spacial score (nSPS) is 44.8. The summed E-state index contributed by atoms with van der Waals surface area (Å²) in [5.74, 6) is 1.70. The molecule has 0 aromatic carbocycles. The van der Waals surface area contributed by atoms with Gasteiger partial charge in [-0.15, -0.1) is 0 Å². The molecule has 2 heteroatoms. The number of methoxy groups -OCH3 is 1. The number of rotatable bonds is 3. The predicted molar refractivity (Wildman–Crippen MR) is 67.5 cm³/mol. The van der Waals surface area contributed by atoms with Crippen molar-refractivity contribution >= 4 is 0 Å². The highest BCUT2D eigenvalue weighted by molar-refractivity contribution is 4.89. The Kier molecular flexibility index (Phi) is 4.26. The topological polar surface area (TPSA) is 21.3 Å². The van der Waals surface area contributed by atoms with Crippen molar-refractivity contribution in [2.45, 2.75) is 70.6 Å². The van der Waals surface area contributed by atoms with Crippen molar-refractivity contribution in [3.63, 3.8) is 0 Å². The average Bonchev–Trinajstić information content (AvgIpc) is 2.71. The molecule has 2 saturated carbocycles. The fourth-order valence-electron chi connectivity index (χ4n) is 3.59. The van der Waals surface area contributed by atoms with Crippen LogP contribution in [-0.2, 0) is 4.74 Å². The monoisotopic (exact) mass is 225 g/mol. The van der Waals surface area contributed by atoms with Crippen molar-refractivity contribution in [1.29, 1.82) is 0 Å². The molecule has 0 spiro atoms. The lowest BCUT2D eigenvalue weighted by molar-refractivity contribution is 0.104. The molecule has 4 unspecified atom stereocenters. The van der Waals surface area contributed by atoms with Crippen molar-refractivity contribution in [3.05, 3.63) is 0 Å². The van der Waals surface area contributed by atoms with E-state index in [0.29, 0.717) is 12.1 Å². The van der Waals surface area contributed by atoms with Gasteiger partial charge < -0.3 is 10.1 Å². The lowest BCUT2D eigenvalue weighted by Gasteiger charge is -2.37. The first-order chi connectivity index (χ1) is 7.70. The molecule has 1 N–H and O–H groups in total. The van der Waals surface area contributed by atoms with Gasteiger partial charge in [0, 0.05) is 19.2 Å². The van der Waals surface area contributed by atoms with E-state index in [-0.39, 0.29) is 0 Å². The average molecular weight is 225 g/mol. The quantitative estimate of drug-likeness (QED) is 0.797. The highest BCUT2D eigenvalue weighted by atomic mass is 16.5. The standard InChI is InChI=1S/C14H27NO/c1-10-5-4-6-11(2)14(10)15-12-7-8-13(9-12)16-3/h10-15H,4-9H2,1-3H3. The van der Waals surface area contributed by atoms with Gasteiger partial charge in [0.2, 0.25) is 0 Å². The van der Waals surface area contributed by atoms with Crippen LogP contribution in [0.4, 0.5) is 0 Å². The lowest BCUT2D eigenvalue weighted by atomic mass is 9.78. The summed E-state index contributed by atoms with van der Waals surface area (Å²) >= 11 is 0. The number of hydrogen-bond donors (Lipinski definition) is 1. The molecule has 0 radical (unpaired) electrons. The maximum atomic E-state index is 5.44. The van der Waals surface area contributed by atoms with Gasteiger partial charge in [0.15, 0.2) is 0 Å². The fraction of sp³-hybridized carbons (Fsp3) is 1.00. The van der Waals surface area contributed by atoms with Gasteiger partial charge in [0.25, 0.3) is 0 Å². The second-order valence-corrected chi connectivity index (χ2v) is 5.95. The van der Waals surface area contributed by atoms with Crippen LogP contribution in [0.15, 0.2) is 0 Å². The molecule has 0 aromatic rings. The maximum Gasteiger partial charge on any atom is 0.0586 e. The van der Waals surface area contributed by atoms with Gasteiger partial charge in [0.05, 0.1) is 6.10 Å². The molecule has 0 amide bonds. The van der Waals surface area contributed by atoms with Crippen LogP contribution in [0.3, 0.4) is 0 Å². The van der Waals surface area contributed by atoms with Crippen LogP contribution >= 0.6 is 0 Å². The van der Waals surface area contributed by atoms with E-state index in [4.69, 9.17) is 4.74 Å². The summed E-state index contributed by atoms with van der Waals surface area (Å²) in [6, 6.07) is 1.45. The van der Waals surface area contributed by atoms with Gasteiger partial charge in [-0.25, -0.2) is 0 Å². The summed E-state index contributed by atoms with van der Waals surface area (Å²) < 4.78 is 5.44. The van der Waals surface area contributed by atoms with Crippen LogP contribution in [0, 0.1) is 11.8 Å². The molecule has 2 fully saturated rings. The Morgan fingerprint density at radius 1 is 1.00 bits per heavy atom. The van der Waals surface area contributed by atoms with Crippen LogP contribution in [0.5, 0.6) is 0 Å². The first-order valence-electron chi connectivity index (χ1n) is 6.99. The maximum absolute atomic E-state index is 5.44. The van der Waals surface area contributed by atoms with E-state index in [9.17, 15) is 0 Å². The Labute approximate surface area is 100 Å². The molecular weight excluding hydrogens is 198 g/mol. The smallest absolute Gasteiger partial charge is 0.0586 e. The Hall–Kier alpha value is -0.0800. The summed E-state index contributed by atoms with van der Waals surface area (Å²) in [6.45, 7) is 4.83. The fourth-order valence-corrected chi connectivity index (χ4v) is 3.59. The Bertz CT molecular complexity index is 209. The van der Waals surface area contributed by atoms with Crippen molar-refractivity contribution in [1.82, 2.24) is 5.32 Å². The van der Waals surface area contributed by atoms with E-state index >= 15 is 0 Å². The first kappa shape index (κ1) is 12.4. The third kappa shape index (κ3) is 2.78. The SMILES string of the molecule is COC1CCC(NC2C(C)CCCC2C)C1. The van der Waals surface area contributed by atoms with Gasteiger partial charge >= 0.3 is 0 Å². The van der Waals surface area contributed by atoms with Gasteiger partial charge in [-0.1, -0.05) is 20.3 Å². The zero-order valence-corrected chi connectivity index (χ0v) is 11.0. The van der Waals surface area contributed by atoms with E-state index in [1.165, 1.54) is 38.5 Å². The summed E-state index contributed by atoms with van der Waals surface area (Å²) in [4.78, 5) is 0. The molecule has 0 heterocycles.